The maximum Gasteiger partial charge on any atom is 0.259 e. The number of benzene rings is 1. The van der Waals surface area contributed by atoms with E-state index in [9.17, 15) is 4.79 Å². The lowest BCUT2D eigenvalue weighted by Gasteiger charge is -2.16. The van der Waals surface area contributed by atoms with E-state index in [-0.39, 0.29) is 18.9 Å². The van der Waals surface area contributed by atoms with Crippen LogP contribution >= 0.6 is 0 Å². The smallest absolute Gasteiger partial charge is 0.259 e. The van der Waals surface area contributed by atoms with E-state index in [4.69, 9.17) is 12.3 Å². The highest BCUT2D eigenvalue weighted by Gasteiger charge is 2.21. The van der Waals surface area contributed by atoms with Crippen molar-refractivity contribution in [2.75, 3.05) is 13.1 Å². The summed E-state index contributed by atoms with van der Waals surface area (Å²) in [6.45, 7) is 7.69. The van der Waals surface area contributed by atoms with Crippen molar-refractivity contribution in [3.63, 3.8) is 0 Å². The van der Waals surface area contributed by atoms with Crippen LogP contribution in [0.2, 0.25) is 0 Å². The number of hydrogen-bond acceptors (Lipinski definition) is 4. The molecule has 0 unspecified atom stereocenters. The van der Waals surface area contributed by atoms with Crippen molar-refractivity contribution in [1.29, 1.82) is 0 Å². The lowest BCUT2D eigenvalue weighted by molar-refractivity contribution is 0.1000. The highest BCUT2D eigenvalue weighted by Crippen LogP contribution is 2.31. The predicted molar refractivity (Wildman–Crippen MR) is 79.7 cm³/mol. The van der Waals surface area contributed by atoms with Gasteiger partial charge in [-0.25, -0.2) is 4.68 Å². The Hall–Kier alpha value is -2.78. The van der Waals surface area contributed by atoms with Gasteiger partial charge in [0, 0.05) is 23.2 Å². The van der Waals surface area contributed by atoms with E-state index in [1.807, 2.05) is 12.1 Å². The second kappa shape index (κ2) is 4.96. The lowest BCUT2D eigenvalue weighted by Crippen LogP contribution is -2.24. The third kappa shape index (κ3) is 2.04. The Bertz CT molecular complexity index is 810. The average molecular weight is 279 g/mol. The van der Waals surface area contributed by atoms with E-state index >= 15 is 0 Å². The molecule has 1 aromatic carbocycles. The minimum absolute atomic E-state index is 0.00895. The molecule has 0 saturated carbocycles. The summed E-state index contributed by atoms with van der Waals surface area (Å²) in [6.07, 6.45) is 1.65. The van der Waals surface area contributed by atoms with E-state index in [2.05, 4.69) is 14.9 Å². The zero-order valence-corrected chi connectivity index (χ0v) is 11.5. The SMILES string of the molecule is [C-]#[N+]c1c(-c2ccc3c(c2)C(CN)=NCC3=O)cnn1C. The van der Waals surface area contributed by atoms with Gasteiger partial charge in [-0.3, -0.25) is 9.79 Å². The van der Waals surface area contributed by atoms with Crippen LogP contribution in [0.3, 0.4) is 0 Å². The Morgan fingerprint density at radius 1 is 1.38 bits per heavy atom. The fourth-order valence-corrected chi connectivity index (χ4v) is 2.47. The normalized spacial score (nSPS) is 13.6. The monoisotopic (exact) mass is 279 g/mol. The largest absolute Gasteiger partial charge is 0.362 e. The fraction of sp³-hybridized carbons (Fsp3) is 0.200. The molecule has 0 spiro atoms. The Morgan fingerprint density at radius 3 is 2.90 bits per heavy atom. The first-order chi connectivity index (χ1) is 10.2. The number of carbonyl (C=O) groups excluding carboxylic acids is 1. The molecule has 6 nitrogen and oxygen atoms in total. The molecular weight excluding hydrogens is 266 g/mol. The third-order valence-electron chi connectivity index (χ3n) is 3.56. The van der Waals surface area contributed by atoms with Crippen LogP contribution in [-0.2, 0) is 7.05 Å². The van der Waals surface area contributed by atoms with Crippen molar-refractivity contribution < 1.29 is 4.79 Å². The van der Waals surface area contributed by atoms with Crippen molar-refractivity contribution in [1.82, 2.24) is 9.78 Å². The van der Waals surface area contributed by atoms with Crippen molar-refractivity contribution in [2.45, 2.75) is 0 Å². The molecule has 104 valence electrons. The zero-order valence-electron chi connectivity index (χ0n) is 11.5. The van der Waals surface area contributed by atoms with Crippen LogP contribution in [0.15, 0.2) is 29.4 Å². The molecule has 3 rings (SSSR count). The minimum atomic E-state index is -0.00895. The van der Waals surface area contributed by atoms with Crippen LogP contribution in [0.5, 0.6) is 0 Å². The molecular formula is C15H13N5O. The van der Waals surface area contributed by atoms with Crippen molar-refractivity contribution in [3.8, 4) is 11.1 Å². The van der Waals surface area contributed by atoms with Crippen molar-refractivity contribution in [3.05, 3.63) is 46.9 Å². The highest BCUT2D eigenvalue weighted by atomic mass is 16.1. The summed E-state index contributed by atoms with van der Waals surface area (Å²) in [6, 6.07) is 5.48. The van der Waals surface area contributed by atoms with Crippen LogP contribution < -0.4 is 5.73 Å². The molecule has 0 amide bonds. The molecule has 1 aliphatic rings. The molecule has 0 aliphatic carbocycles. The number of aryl methyl sites for hydroxylation is 1. The van der Waals surface area contributed by atoms with Gasteiger partial charge in [0.2, 0.25) is 0 Å². The third-order valence-corrected chi connectivity index (χ3v) is 3.56. The van der Waals surface area contributed by atoms with Gasteiger partial charge in [0.15, 0.2) is 5.78 Å². The van der Waals surface area contributed by atoms with E-state index in [0.717, 1.165) is 22.4 Å². The number of carbonyl (C=O) groups is 1. The zero-order chi connectivity index (χ0) is 15.0. The maximum absolute atomic E-state index is 11.9. The van der Waals surface area contributed by atoms with Gasteiger partial charge in [-0.2, -0.15) is 0 Å². The van der Waals surface area contributed by atoms with Gasteiger partial charge in [0.1, 0.15) is 6.54 Å². The summed E-state index contributed by atoms with van der Waals surface area (Å²) in [7, 11) is 1.73. The number of rotatable bonds is 2. The minimum Gasteiger partial charge on any atom is -0.362 e. The van der Waals surface area contributed by atoms with Crippen molar-refractivity contribution >= 4 is 17.3 Å². The van der Waals surface area contributed by atoms with E-state index < -0.39 is 0 Å². The second-order valence-corrected chi connectivity index (χ2v) is 4.77. The molecule has 6 heteroatoms. The Kier molecular flexibility index (Phi) is 3.12. The molecule has 0 bridgehead atoms. The number of aromatic nitrogens is 2. The maximum atomic E-state index is 11.9. The predicted octanol–water partition coefficient (Wildman–Crippen LogP) is 1.58. The topological polar surface area (TPSA) is 77.6 Å². The Labute approximate surface area is 121 Å². The lowest BCUT2D eigenvalue weighted by atomic mass is 9.93. The number of fused-ring (bicyclic) bond motifs is 1. The van der Waals surface area contributed by atoms with Gasteiger partial charge in [-0.1, -0.05) is 18.7 Å². The molecule has 2 N–H and O–H groups in total. The molecule has 0 radical (unpaired) electrons. The van der Waals surface area contributed by atoms with E-state index in [1.165, 1.54) is 4.68 Å². The quantitative estimate of drug-likeness (QED) is 0.848. The summed E-state index contributed by atoms with van der Waals surface area (Å²) >= 11 is 0. The number of hydrogen-bond donors (Lipinski definition) is 1. The standard InChI is InChI=1S/C15H13N5O/c1-17-15-12(7-19-20(15)2)9-3-4-10-11(5-9)13(6-16)18-8-14(10)21/h3-5,7H,6,8,16H2,2H3. The summed E-state index contributed by atoms with van der Waals surface area (Å²) in [5.41, 5.74) is 9.40. The summed E-state index contributed by atoms with van der Waals surface area (Å²) < 4.78 is 1.53. The van der Waals surface area contributed by atoms with Gasteiger partial charge in [0.25, 0.3) is 5.82 Å². The van der Waals surface area contributed by atoms with E-state index in [0.29, 0.717) is 11.4 Å². The first-order valence-electron chi connectivity index (χ1n) is 6.46. The molecule has 2 aromatic rings. The van der Waals surface area contributed by atoms with Gasteiger partial charge in [0.05, 0.1) is 19.0 Å². The summed E-state index contributed by atoms with van der Waals surface area (Å²) in [5, 5.41) is 4.11. The number of ketones is 1. The van der Waals surface area contributed by atoms with E-state index in [1.54, 1.807) is 19.3 Å². The van der Waals surface area contributed by atoms with Crippen molar-refractivity contribution in [2.24, 2.45) is 17.8 Å². The van der Waals surface area contributed by atoms with Crippen LogP contribution in [-0.4, -0.2) is 34.4 Å². The first kappa shape index (κ1) is 13.2. The van der Waals surface area contributed by atoms with Gasteiger partial charge < -0.3 is 10.6 Å². The molecule has 2 heterocycles. The number of nitrogens with zero attached hydrogens (tertiary/aromatic N) is 4. The highest BCUT2D eigenvalue weighted by molar-refractivity contribution is 6.16. The fourth-order valence-electron chi connectivity index (χ4n) is 2.47. The summed E-state index contributed by atoms with van der Waals surface area (Å²) in [4.78, 5) is 19.6. The Morgan fingerprint density at radius 2 is 2.19 bits per heavy atom. The van der Waals surface area contributed by atoms with Gasteiger partial charge in [-0.05, 0) is 11.6 Å². The van der Waals surface area contributed by atoms with Crippen LogP contribution in [0.1, 0.15) is 15.9 Å². The summed E-state index contributed by atoms with van der Waals surface area (Å²) in [5.74, 6) is 0.452. The van der Waals surface area contributed by atoms with Gasteiger partial charge in [-0.15, -0.1) is 5.10 Å². The molecule has 1 aromatic heterocycles. The van der Waals surface area contributed by atoms with Crippen LogP contribution in [0, 0.1) is 6.57 Å². The number of Topliss-reactive ketones (excluding diaryl/α,β-unsaturated/α-hetero) is 1. The van der Waals surface area contributed by atoms with Crippen LogP contribution in [0.4, 0.5) is 5.82 Å². The Balaban J connectivity index is 2.18. The average Bonchev–Trinajstić information content (AvgIpc) is 2.88. The number of nitrogens with two attached hydrogens (primary N) is 1. The molecule has 1 aliphatic heterocycles. The molecule has 0 atom stereocenters. The number of aliphatic imine (C=N–C) groups is 1. The first-order valence-corrected chi connectivity index (χ1v) is 6.46. The van der Waals surface area contributed by atoms with Gasteiger partial charge >= 0.3 is 0 Å². The second-order valence-electron chi connectivity index (χ2n) is 4.77. The molecule has 21 heavy (non-hydrogen) atoms. The molecule has 0 fully saturated rings. The molecule has 0 saturated heterocycles. The van der Waals surface area contributed by atoms with Crippen LogP contribution in [0.25, 0.3) is 16.0 Å².